The highest BCUT2D eigenvalue weighted by atomic mass is 32.2. The van der Waals surface area contributed by atoms with Gasteiger partial charge in [-0.3, -0.25) is 23.9 Å². The minimum absolute atomic E-state index is 0.00739. The third-order valence-corrected chi connectivity index (χ3v) is 16.7. The molecule has 2 aliphatic carbocycles. The molecule has 0 bridgehead atoms. The number of aromatic nitrogens is 2. The van der Waals surface area contributed by atoms with Gasteiger partial charge in [-0.1, -0.05) is 46.8 Å². The van der Waals surface area contributed by atoms with Crippen molar-refractivity contribution in [2.75, 3.05) is 45.2 Å². The van der Waals surface area contributed by atoms with Crippen LogP contribution in [0.2, 0.25) is 0 Å². The van der Waals surface area contributed by atoms with Gasteiger partial charge in [-0.15, -0.1) is 17.9 Å². The number of hydrogen-bond acceptors (Lipinski definition) is 13. The number of piperazine rings is 1. The van der Waals surface area contributed by atoms with Gasteiger partial charge in [0, 0.05) is 72.2 Å². The third-order valence-electron chi connectivity index (χ3n) is 13.7. The summed E-state index contributed by atoms with van der Waals surface area (Å²) in [6, 6.07) is 10.6. The first-order chi connectivity index (χ1) is 31.7. The normalized spacial score (nSPS) is 22.8. The number of pyridine rings is 1. The van der Waals surface area contributed by atoms with Crippen LogP contribution in [0.1, 0.15) is 94.8 Å². The average molecular weight is 955 g/mol. The van der Waals surface area contributed by atoms with Crippen molar-refractivity contribution >= 4 is 61.6 Å². The largest absolute Gasteiger partial charge is 0.496 e. The number of likely N-dealkylation sites (tertiary alicyclic amines) is 1. The molecule has 4 aromatic rings. The number of ether oxygens (including phenoxy) is 2. The van der Waals surface area contributed by atoms with Crippen LogP contribution in [0.4, 0.5) is 5.69 Å². The van der Waals surface area contributed by atoms with Crippen molar-refractivity contribution in [3.63, 3.8) is 0 Å². The second kappa shape index (κ2) is 18.1. The van der Waals surface area contributed by atoms with Gasteiger partial charge in [-0.2, -0.15) is 0 Å². The van der Waals surface area contributed by atoms with Crippen LogP contribution >= 0.6 is 11.3 Å². The van der Waals surface area contributed by atoms with Crippen molar-refractivity contribution in [2.45, 2.75) is 109 Å². The van der Waals surface area contributed by atoms with E-state index >= 15 is 4.79 Å². The van der Waals surface area contributed by atoms with Gasteiger partial charge in [0.25, 0.3) is 11.8 Å². The number of carbonyl (C=O) groups is 4. The van der Waals surface area contributed by atoms with E-state index in [4.69, 9.17) is 19.4 Å². The van der Waals surface area contributed by atoms with Crippen LogP contribution in [0.5, 0.6) is 11.5 Å². The molecular weight excluding hydrogens is 893 g/mol. The number of nitrogens with zero attached hydrogens (tertiary/aromatic N) is 4. The Morgan fingerprint density at radius 1 is 1.04 bits per heavy atom. The van der Waals surface area contributed by atoms with E-state index in [2.05, 4.69) is 41.1 Å². The van der Waals surface area contributed by atoms with E-state index < -0.39 is 67.6 Å². The number of rotatable bonds is 15. The first kappa shape index (κ1) is 47.9. The summed E-state index contributed by atoms with van der Waals surface area (Å²) in [5, 5.41) is 13.0. The van der Waals surface area contributed by atoms with Crippen molar-refractivity contribution in [3.8, 4) is 22.2 Å². The highest BCUT2D eigenvalue weighted by Gasteiger charge is 2.63. The van der Waals surface area contributed by atoms with Gasteiger partial charge in [-0.25, -0.2) is 18.4 Å². The molecule has 5 atom stereocenters. The van der Waals surface area contributed by atoms with E-state index in [1.807, 2.05) is 51.3 Å². The molecule has 2 aliphatic heterocycles. The predicted octanol–water partition coefficient (Wildman–Crippen LogP) is 5.78. The van der Waals surface area contributed by atoms with Gasteiger partial charge in [0.15, 0.2) is 0 Å². The summed E-state index contributed by atoms with van der Waals surface area (Å²) in [6.07, 6.45) is 1.83. The summed E-state index contributed by atoms with van der Waals surface area (Å²) in [7, 11) is -2.43. The van der Waals surface area contributed by atoms with Crippen LogP contribution in [0, 0.1) is 18.3 Å². The maximum absolute atomic E-state index is 15.3. The lowest BCUT2D eigenvalue weighted by Crippen LogP contribution is -2.59. The molecule has 4 amide bonds. The minimum Gasteiger partial charge on any atom is -0.496 e. The van der Waals surface area contributed by atoms with Gasteiger partial charge in [0.1, 0.15) is 45.9 Å². The van der Waals surface area contributed by atoms with E-state index in [1.54, 1.807) is 43.2 Å². The van der Waals surface area contributed by atoms with Crippen LogP contribution in [-0.4, -0.2) is 120 Å². The topological polar surface area (TPSA) is 201 Å². The Morgan fingerprint density at radius 2 is 1.78 bits per heavy atom. The van der Waals surface area contributed by atoms with Crippen LogP contribution in [0.3, 0.4) is 0 Å². The molecule has 2 aromatic carbocycles. The van der Waals surface area contributed by atoms with E-state index in [9.17, 15) is 22.8 Å². The summed E-state index contributed by atoms with van der Waals surface area (Å²) in [4.78, 5) is 70.8. The summed E-state index contributed by atoms with van der Waals surface area (Å²) in [5.41, 5.74) is 1.71. The van der Waals surface area contributed by atoms with Gasteiger partial charge in [-0.05, 0) is 74.8 Å². The summed E-state index contributed by atoms with van der Waals surface area (Å²) >= 11 is 1.48. The molecule has 2 aromatic heterocycles. The Morgan fingerprint density at radius 3 is 2.40 bits per heavy atom. The van der Waals surface area contributed by atoms with E-state index in [1.165, 1.54) is 22.3 Å². The highest BCUT2D eigenvalue weighted by molar-refractivity contribution is 7.91. The molecule has 2 saturated carbocycles. The monoisotopic (exact) mass is 954 g/mol. The van der Waals surface area contributed by atoms with Crippen molar-refractivity contribution in [1.82, 2.24) is 35.1 Å². The quantitative estimate of drug-likeness (QED) is 0.105. The maximum atomic E-state index is 15.3. The number of carbonyl (C=O) groups excluding carboxylic acids is 4. The molecular formula is C49H62N8O8S2. The van der Waals surface area contributed by atoms with Crippen LogP contribution in [-0.2, 0) is 24.4 Å². The number of anilines is 1. The number of benzene rings is 2. The molecule has 18 heteroatoms. The smallest absolute Gasteiger partial charge is 0.259 e. The van der Waals surface area contributed by atoms with Crippen molar-refractivity contribution in [2.24, 2.45) is 11.3 Å². The maximum Gasteiger partial charge on any atom is 0.259 e. The van der Waals surface area contributed by atoms with Crippen molar-refractivity contribution in [1.29, 1.82) is 0 Å². The second-order valence-corrected chi connectivity index (χ2v) is 23.0. The first-order valence-corrected chi connectivity index (χ1v) is 25.3. The highest BCUT2D eigenvalue weighted by Crippen LogP contribution is 2.47. The number of hydrogen-bond donors (Lipinski definition) is 4. The zero-order valence-electron chi connectivity index (χ0n) is 39.5. The molecule has 16 nitrogen and oxygen atoms in total. The fraction of sp³-hybridized carbons (Fsp3) is 0.510. The summed E-state index contributed by atoms with van der Waals surface area (Å²) < 4.78 is 40.3. The zero-order chi connectivity index (χ0) is 48.2. The Hall–Kier alpha value is -5.59. The SMILES string of the molecule is C=C[C@@H]1C[C@]1(NC(=O)[C@@H]1C[C@@H](Oc2cc(-c3nc(C(C)C)cs3)nc3c(C)c(OC)ccc23)CN1C(=O)[C@@H](Nc1cccc(C(=O)N2CCNCC2)c1)C(C)(C)C)C(=O)NS(=O)(=O)C1(C)CC1. The third kappa shape index (κ3) is 9.48. The lowest BCUT2D eigenvalue weighted by molar-refractivity contribution is -0.141. The van der Waals surface area contributed by atoms with E-state index in [-0.39, 0.29) is 31.2 Å². The standard InChI is InChI=1S/C49H62N8O8S2/c1-10-31-25-49(31,46(61)55-67(62,63)48(8)16-17-48)54-42(58)37-23-33(65-39-24-35(43-53-36(27-66-43)28(2)3)52-40-29(4)38(64-9)15-14-34(39)40)26-57(37)45(60)41(47(5,6)7)51-32-13-11-12-30(22-32)44(59)56-20-18-50-19-21-56/h10-15,22,24,27-28,31,33,37,41,50-51H,1,16-21,23,25-26H2,2-9H3,(H,54,58)(H,55,61)/t31-,33-,37+,41-,49-/m1/s1. The van der Waals surface area contributed by atoms with Crippen molar-refractivity contribution in [3.05, 3.63) is 77.3 Å². The van der Waals surface area contributed by atoms with Crippen LogP contribution < -0.4 is 30.1 Å². The molecule has 2 saturated heterocycles. The molecule has 358 valence electrons. The number of methoxy groups -OCH3 is 1. The Bertz CT molecular complexity index is 2720. The molecule has 4 N–H and O–H groups in total. The lowest BCUT2D eigenvalue weighted by atomic mass is 9.85. The van der Waals surface area contributed by atoms with Crippen molar-refractivity contribution < 1.29 is 37.1 Å². The Labute approximate surface area is 396 Å². The van der Waals surface area contributed by atoms with E-state index in [0.717, 1.165) is 11.3 Å². The first-order valence-electron chi connectivity index (χ1n) is 23.0. The van der Waals surface area contributed by atoms with Gasteiger partial charge in [0.05, 0.1) is 29.6 Å². The Balaban J connectivity index is 1.14. The van der Waals surface area contributed by atoms with Crippen LogP contribution in [0.15, 0.2) is 60.5 Å². The molecule has 67 heavy (non-hydrogen) atoms. The number of thiazole rings is 1. The van der Waals surface area contributed by atoms with Gasteiger partial charge in [0.2, 0.25) is 21.8 Å². The number of fused-ring (bicyclic) bond motifs is 1. The number of amides is 4. The minimum atomic E-state index is -4.03. The number of sulfonamides is 1. The Kier molecular flexibility index (Phi) is 13.0. The lowest BCUT2D eigenvalue weighted by Gasteiger charge is -2.36. The average Bonchev–Trinajstić information content (AvgIpc) is 4.08. The summed E-state index contributed by atoms with van der Waals surface area (Å²) in [6.45, 7) is 19.8. The second-order valence-electron chi connectivity index (χ2n) is 20.0. The molecule has 8 rings (SSSR count). The van der Waals surface area contributed by atoms with E-state index in [0.29, 0.717) is 83.4 Å². The van der Waals surface area contributed by atoms with Crippen LogP contribution in [0.25, 0.3) is 21.6 Å². The predicted molar refractivity (Wildman–Crippen MR) is 259 cm³/mol. The fourth-order valence-corrected chi connectivity index (χ4v) is 11.2. The zero-order valence-corrected chi connectivity index (χ0v) is 41.2. The molecule has 4 heterocycles. The molecule has 0 unspecified atom stereocenters. The number of aryl methyl sites for hydroxylation is 1. The van der Waals surface area contributed by atoms with Gasteiger partial charge >= 0.3 is 0 Å². The molecule has 0 radical (unpaired) electrons. The summed E-state index contributed by atoms with van der Waals surface area (Å²) in [5.74, 6) is -1.19. The fourth-order valence-electron chi connectivity index (χ4n) is 8.92. The molecule has 4 fully saturated rings. The number of nitrogens with one attached hydrogen (secondary N) is 4. The van der Waals surface area contributed by atoms with Gasteiger partial charge < -0.3 is 35.2 Å². The molecule has 4 aliphatic rings. The molecule has 0 spiro atoms.